The van der Waals surface area contributed by atoms with Crippen molar-refractivity contribution in [3.63, 3.8) is 0 Å². The normalized spacial score (nSPS) is 11.8. The average molecular weight is 176 g/mol. The molecule has 0 N–H and O–H groups in total. The van der Waals surface area contributed by atoms with Crippen molar-refractivity contribution in [2.75, 3.05) is 0 Å². The van der Waals surface area contributed by atoms with Crippen LogP contribution >= 0.6 is 0 Å². The predicted molar refractivity (Wildman–Crippen MR) is 59.1 cm³/mol. The van der Waals surface area contributed by atoms with Crippen LogP contribution in [0.15, 0.2) is 18.2 Å². The van der Waals surface area contributed by atoms with Gasteiger partial charge in [0, 0.05) is 0 Å². The molecule has 0 saturated carbocycles. The Bertz CT molecular complexity index is 289. The van der Waals surface area contributed by atoms with Gasteiger partial charge in [0.05, 0.1) is 0 Å². The van der Waals surface area contributed by atoms with Gasteiger partial charge in [-0.25, -0.2) is 0 Å². The van der Waals surface area contributed by atoms with E-state index in [4.69, 9.17) is 0 Å². The highest BCUT2D eigenvalue weighted by Gasteiger charge is 2.12. The molecule has 0 saturated heterocycles. The molecule has 0 nitrogen and oxygen atoms in total. The molecule has 0 heteroatoms. The van der Waals surface area contributed by atoms with Crippen molar-refractivity contribution in [1.29, 1.82) is 0 Å². The van der Waals surface area contributed by atoms with Gasteiger partial charge in [-0.05, 0) is 36.8 Å². The maximum Gasteiger partial charge on any atom is -0.0227 e. The summed E-state index contributed by atoms with van der Waals surface area (Å²) in [5.74, 6) is 0. The van der Waals surface area contributed by atoms with Gasteiger partial charge >= 0.3 is 0 Å². The van der Waals surface area contributed by atoms with E-state index in [0.29, 0.717) is 5.41 Å². The lowest BCUT2D eigenvalue weighted by Crippen LogP contribution is -2.10. The summed E-state index contributed by atoms with van der Waals surface area (Å²) in [6.07, 6.45) is 1.17. The zero-order valence-corrected chi connectivity index (χ0v) is 9.44. The van der Waals surface area contributed by atoms with Gasteiger partial charge in [-0.2, -0.15) is 0 Å². The summed E-state index contributed by atoms with van der Waals surface area (Å²) in [6, 6.07) is 6.73. The van der Waals surface area contributed by atoms with Gasteiger partial charge in [0.1, 0.15) is 0 Å². The van der Waals surface area contributed by atoms with Gasteiger partial charge in [0.25, 0.3) is 0 Å². The zero-order chi connectivity index (χ0) is 10.1. The van der Waals surface area contributed by atoms with E-state index in [1.807, 2.05) is 0 Å². The molecule has 0 aliphatic rings. The quantitative estimate of drug-likeness (QED) is 0.609. The van der Waals surface area contributed by atoms with Crippen LogP contribution in [0.4, 0.5) is 0 Å². The monoisotopic (exact) mass is 176 g/mol. The number of hydrogen-bond acceptors (Lipinski definition) is 0. The van der Waals surface area contributed by atoms with Crippen LogP contribution in [-0.4, -0.2) is 0 Å². The third kappa shape index (κ3) is 3.22. The molecule has 0 spiro atoms. The molecule has 0 bridgehead atoms. The molecule has 0 heterocycles. The van der Waals surface area contributed by atoms with Gasteiger partial charge in [-0.15, -0.1) is 0 Å². The molecule has 13 heavy (non-hydrogen) atoms. The molecule has 1 aromatic rings. The molecule has 1 aromatic carbocycles. The van der Waals surface area contributed by atoms with E-state index in [9.17, 15) is 0 Å². The van der Waals surface area contributed by atoms with Crippen LogP contribution in [-0.2, 0) is 6.42 Å². The lowest BCUT2D eigenvalue weighted by molar-refractivity contribution is 0.410. The Kier molecular flexibility index (Phi) is 2.80. The van der Waals surface area contributed by atoms with Crippen molar-refractivity contribution < 1.29 is 0 Å². The molecule has 0 atom stereocenters. The summed E-state index contributed by atoms with van der Waals surface area (Å²) in [5, 5.41) is 0. The van der Waals surface area contributed by atoms with E-state index < -0.39 is 0 Å². The summed E-state index contributed by atoms with van der Waals surface area (Å²) in [5.41, 5.74) is 4.66. The van der Waals surface area contributed by atoms with Crippen LogP contribution in [0.25, 0.3) is 0 Å². The topological polar surface area (TPSA) is 0 Å². The highest BCUT2D eigenvalue weighted by atomic mass is 14.2. The smallest absolute Gasteiger partial charge is 0.0227 e. The molecule has 0 radical (unpaired) electrons. The zero-order valence-electron chi connectivity index (χ0n) is 9.44. The minimum absolute atomic E-state index is 0.389. The summed E-state index contributed by atoms with van der Waals surface area (Å²) < 4.78 is 0. The molecule has 0 unspecified atom stereocenters. The Morgan fingerprint density at radius 3 is 2.15 bits per heavy atom. The van der Waals surface area contributed by atoms with Crippen LogP contribution in [0.3, 0.4) is 0 Å². The molecule has 0 amide bonds. The maximum atomic E-state index is 2.28. The Morgan fingerprint density at radius 2 is 1.69 bits per heavy atom. The average Bonchev–Trinajstić information content (AvgIpc) is 1.93. The second-order valence-electron chi connectivity index (χ2n) is 5.17. The first-order valence-electron chi connectivity index (χ1n) is 4.95. The number of aryl methyl sites for hydroxylation is 2. The molecule has 72 valence electrons. The van der Waals surface area contributed by atoms with Crippen molar-refractivity contribution in [2.45, 2.75) is 41.0 Å². The lowest BCUT2D eigenvalue weighted by Gasteiger charge is -2.19. The Balaban J connectivity index is 2.90. The molecule has 1 rings (SSSR count). The molecule has 0 fully saturated rings. The summed E-state index contributed by atoms with van der Waals surface area (Å²) in [7, 11) is 0. The van der Waals surface area contributed by atoms with Crippen LogP contribution in [0, 0.1) is 19.3 Å². The number of rotatable bonds is 1. The van der Waals surface area contributed by atoms with Crippen molar-refractivity contribution in [3.05, 3.63) is 34.9 Å². The van der Waals surface area contributed by atoms with Crippen molar-refractivity contribution in [3.8, 4) is 0 Å². The molecule has 0 aliphatic heterocycles. The van der Waals surface area contributed by atoms with E-state index >= 15 is 0 Å². The maximum absolute atomic E-state index is 2.28. The second-order valence-corrected chi connectivity index (χ2v) is 5.17. The molecule has 0 aromatic heterocycles. The highest BCUT2D eigenvalue weighted by molar-refractivity contribution is 5.30. The minimum atomic E-state index is 0.389. The number of benzene rings is 1. The van der Waals surface area contributed by atoms with Gasteiger partial charge in [-0.1, -0.05) is 44.5 Å². The molecular weight excluding hydrogens is 156 g/mol. The van der Waals surface area contributed by atoms with Gasteiger partial charge in [0.2, 0.25) is 0 Å². The largest absolute Gasteiger partial charge is 0.0599 e. The van der Waals surface area contributed by atoms with Crippen LogP contribution in [0.5, 0.6) is 0 Å². The third-order valence-corrected chi connectivity index (χ3v) is 2.22. The summed E-state index contributed by atoms with van der Waals surface area (Å²) >= 11 is 0. The first kappa shape index (κ1) is 10.3. The highest BCUT2D eigenvalue weighted by Crippen LogP contribution is 2.23. The van der Waals surface area contributed by atoms with Crippen LogP contribution < -0.4 is 0 Å². The standard InChI is InChI=1S/C13H20/c1-10-6-7-12(11(2)8-10)9-13(3,4)5/h6-8H,9H2,1-5H3. The summed E-state index contributed by atoms with van der Waals surface area (Å²) in [6.45, 7) is 11.2. The lowest BCUT2D eigenvalue weighted by atomic mass is 9.86. The fourth-order valence-corrected chi connectivity index (χ4v) is 1.62. The third-order valence-electron chi connectivity index (χ3n) is 2.22. The Labute approximate surface area is 82.0 Å². The van der Waals surface area contributed by atoms with Crippen molar-refractivity contribution in [2.24, 2.45) is 5.41 Å². The van der Waals surface area contributed by atoms with E-state index in [-0.39, 0.29) is 0 Å². The fraction of sp³-hybridized carbons (Fsp3) is 0.538. The first-order valence-corrected chi connectivity index (χ1v) is 4.95. The van der Waals surface area contributed by atoms with Crippen molar-refractivity contribution in [1.82, 2.24) is 0 Å². The van der Waals surface area contributed by atoms with E-state index in [2.05, 4.69) is 52.8 Å². The first-order chi connectivity index (χ1) is 5.88. The van der Waals surface area contributed by atoms with Crippen LogP contribution in [0.1, 0.15) is 37.5 Å². The predicted octanol–water partition coefficient (Wildman–Crippen LogP) is 3.89. The van der Waals surface area contributed by atoms with Crippen LogP contribution in [0.2, 0.25) is 0 Å². The Hall–Kier alpha value is -0.780. The second kappa shape index (κ2) is 3.53. The van der Waals surface area contributed by atoms with Gasteiger partial charge < -0.3 is 0 Å². The SMILES string of the molecule is Cc1ccc(CC(C)(C)C)c(C)c1. The van der Waals surface area contributed by atoms with E-state index in [1.165, 1.54) is 23.1 Å². The molecule has 0 aliphatic carbocycles. The van der Waals surface area contributed by atoms with Crippen molar-refractivity contribution >= 4 is 0 Å². The summed E-state index contributed by atoms with van der Waals surface area (Å²) in [4.78, 5) is 0. The van der Waals surface area contributed by atoms with Gasteiger partial charge in [0.15, 0.2) is 0 Å². The van der Waals surface area contributed by atoms with E-state index in [0.717, 1.165) is 0 Å². The molecular formula is C13H20. The fourth-order valence-electron chi connectivity index (χ4n) is 1.62. The Morgan fingerprint density at radius 1 is 1.08 bits per heavy atom. The minimum Gasteiger partial charge on any atom is -0.0599 e. The van der Waals surface area contributed by atoms with Gasteiger partial charge in [-0.3, -0.25) is 0 Å². The number of hydrogen-bond donors (Lipinski definition) is 0. The van der Waals surface area contributed by atoms with E-state index in [1.54, 1.807) is 0 Å².